The van der Waals surface area contributed by atoms with Gasteiger partial charge >= 0.3 is 5.97 Å². The lowest BCUT2D eigenvalue weighted by Gasteiger charge is -2.32. The second-order valence-corrected chi connectivity index (χ2v) is 4.30. The molecule has 1 saturated heterocycles. The molecule has 0 aliphatic carbocycles. The van der Waals surface area contributed by atoms with Gasteiger partial charge in [-0.05, 0) is 12.8 Å². The van der Waals surface area contributed by atoms with Crippen molar-refractivity contribution in [2.24, 2.45) is 13.0 Å². The molecule has 0 aromatic carbocycles. The molecule has 1 atom stereocenters. The fourth-order valence-corrected chi connectivity index (χ4v) is 2.05. The van der Waals surface area contributed by atoms with E-state index in [9.17, 15) is 9.59 Å². The van der Waals surface area contributed by atoms with E-state index >= 15 is 0 Å². The predicted octanol–water partition coefficient (Wildman–Crippen LogP) is 0.0813. The van der Waals surface area contributed by atoms with Gasteiger partial charge in [-0.3, -0.25) is 9.59 Å². The van der Waals surface area contributed by atoms with Gasteiger partial charge in [0.15, 0.2) is 0 Å². The van der Waals surface area contributed by atoms with Crippen molar-refractivity contribution in [1.82, 2.24) is 9.78 Å². The first-order valence-corrected chi connectivity index (χ1v) is 5.59. The van der Waals surface area contributed by atoms with Gasteiger partial charge in [0.05, 0.1) is 17.8 Å². The van der Waals surface area contributed by atoms with E-state index in [4.69, 9.17) is 5.11 Å². The number of hydrogen-bond donors (Lipinski definition) is 1. The van der Waals surface area contributed by atoms with E-state index in [1.165, 1.54) is 10.7 Å². The lowest BCUT2D eigenvalue weighted by atomic mass is 9.98. The number of aromatic nitrogens is 2. The first-order chi connectivity index (χ1) is 8.08. The number of nitrogens with zero attached hydrogens (tertiary/aromatic N) is 3. The number of carboxylic acid groups (broad SMARTS) is 1. The minimum Gasteiger partial charge on any atom is -0.481 e. The highest BCUT2D eigenvalue weighted by molar-refractivity contribution is 5.71. The molecule has 1 N–H and O–H groups in total. The fraction of sp³-hybridized carbons (Fsp3) is 0.545. The summed E-state index contributed by atoms with van der Waals surface area (Å²) in [4.78, 5) is 24.3. The van der Waals surface area contributed by atoms with E-state index in [0.29, 0.717) is 18.7 Å². The smallest absolute Gasteiger partial charge is 0.308 e. The molecule has 0 unspecified atom stereocenters. The lowest BCUT2D eigenvalue weighted by molar-refractivity contribution is -0.141. The zero-order chi connectivity index (χ0) is 12.4. The van der Waals surface area contributed by atoms with Gasteiger partial charge in [0.2, 0.25) is 0 Å². The van der Waals surface area contributed by atoms with E-state index in [1.54, 1.807) is 13.2 Å². The molecule has 1 aromatic rings. The molecule has 1 aliphatic heterocycles. The Morgan fingerprint density at radius 1 is 1.59 bits per heavy atom. The zero-order valence-electron chi connectivity index (χ0n) is 9.67. The van der Waals surface area contributed by atoms with Crippen molar-refractivity contribution in [3.8, 4) is 0 Å². The maximum atomic E-state index is 11.5. The van der Waals surface area contributed by atoms with E-state index in [2.05, 4.69) is 5.10 Å². The van der Waals surface area contributed by atoms with Gasteiger partial charge in [0.1, 0.15) is 0 Å². The Kier molecular flexibility index (Phi) is 3.12. The largest absolute Gasteiger partial charge is 0.481 e. The quantitative estimate of drug-likeness (QED) is 0.788. The van der Waals surface area contributed by atoms with E-state index < -0.39 is 5.97 Å². The summed E-state index contributed by atoms with van der Waals surface area (Å²) in [5, 5.41) is 12.9. The van der Waals surface area contributed by atoms with Crippen LogP contribution in [0.2, 0.25) is 0 Å². The highest BCUT2D eigenvalue weighted by Crippen LogP contribution is 2.21. The van der Waals surface area contributed by atoms with Crippen LogP contribution in [0.3, 0.4) is 0 Å². The van der Waals surface area contributed by atoms with E-state index in [1.807, 2.05) is 4.90 Å². The summed E-state index contributed by atoms with van der Waals surface area (Å²) in [7, 11) is 1.59. The average Bonchev–Trinajstić information content (AvgIpc) is 2.33. The first kappa shape index (κ1) is 11.6. The Hall–Kier alpha value is -1.85. The van der Waals surface area contributed by atoms with Crippen LogP contribution in [0.15, 0.2) is 17.1 Å². The number of rotatable bonds is 2. The van der Waals surface area contributed by atoms with Crippen LogP contribution in [0.5, 0.6) is 0 Å². The van der Waals surface area contributed by atoms with Gasteiger partial charge in [-0.25, -0.2) is 4.68 Å². The molecule has 0 spiro atoms. The molecule has 92 valence electrons. The normalized spacial score (nSPS) is 20.3. The third kappa shape index (κ3) is 2.46. The predicted molar refractivity (Wildman–Crippen MR) is 62.1 cm³/mol. The third-order valence-electron chi connectivity index (χ3n) is 3.09. The van der Waals surface area contributed by atoms with Crippen molar-refractivity contribution in [2.75, 3.05) is 18.0 Å². The Morgan fingerprint density at radius 2 is 2.35 bits per heavy atom. The standard InChI is InChI=1S/C11H15N3O3/c1-13-10(15)5-9(6-12-13)14-4-2-3-8(7-14)11(16)17/h5-6,8H,2-4,7H2,1H3,(H,16,17)/t8-/m1/s1. The van der Waals surface area contributed by atoms with Crippen LogP contribution < -0.4 is 10.5 Å². The highest BCUT2D eigenvalue weighted by atomic mass is 16.4. The Balaban J connectivity index is 2.19. The molecule has 1 aliphatic rings. The molecule has 0 bridgehead atoms. The SMILES string of the molecule is Cn1ncc(N2CCC[C@@H](C(=O)O)C2)cc1=O. The Bertz CT molecular complexity index is 483. The molecule has 0 amide bonds. The van der Waals surface area contributed by atoms with Crippen LogP contribution in [0.1, 0.15) is 12.8 Å². The number of piperidine rings is 1. The zero-order valence-corrected chi connectivity index (χ0v) is 9.67. The molecule has 1 fully saturated rings. The number of carboxylic acids is 1. The number of aryl methyl sites for hydroxylation is 1. The van der Waals surface area contributed by atoms with Gasteiger partial charge in [0, 0.05) is 26.2 Å². The molecule has 1 aromatic heterocycles. The van der Waals surface area contributed by atoms with Crippen molar-refractivity contribution >= 4 is 11.7 Å². The van der Waals surface area contributed by atoms with Gasteiger partial charge in [-0.15, -0.1) is 0 Å². The topological polar surface area (TPSA) is 75.4 Å². The highest BCUT2D eigenvalue weighted by Gasteiger charge is 2.25. The van der Waals surface area contributed by atoms with Crippen LogP contribution >= 0.6 is 0 Å². The summed E-state index contributed by atoms with van der Waals surface area (Å²) in [5.74, 6) is -1.13. The monoisotopic (exact) mass is 237 g/mol. The Labute approximate surface area is 98.5 Å². The minimum absolute atomic E-state index is 0.181. The molecular weight excluding hydrogens is 222 g/mol. The fourth-order valence-electron chi connectivity index (χ4n) is 2.05. The van der Waals surface area contributed by atoms with Gasteiger partial charge < -0.3 is 10.0 Å². The molecule has 0 radical (unpaired) electrons. The summed E-state index contributed by atoms with van der Waals surface area (Å²) in [6.45, 7) is 1.23. The third-order valence-corrected chi connectivity index (χ3v) is 3.09. The van der Waals surface area contributed by atoms with E-state index in [-0.39, 0.29) is 11.5 Å². The number of hydrogen-bond acceptors (Lipinski definition) is 4. The van der Waals surface area contributed by atoms with Gasteiger partial charge in [-0.1, -0.05) is 0 Å². The van der Waals surface area contributed by atoms with Crippen molar-refractivity contribution in [1.29, 1.82) is 0 Å². The summed E-state index contributed by atoms with van der Waals surface area (Å²) >= 11 is 0. The van der Waals surface area contributed by atoms with Gasteiger partial charge in [-0.2, -0.15) is 5.10 Å². The van der Waals surface area contributed by atoms with Crippen molar-refractivity contribution in [3.05, 3.63) is 22.6 Å². The summed E-state index contributed by atoms with van der Waals surface area (Å²) in [5.41, 5.74) is 0.527. The number of aliphatic carboxylic acids is 1. The molecular formula is C11H15N3O3. The molecule has 2 heterocycles. The molecule has 17 heavy (non-hydrogen) atoms. The summed E-state index contributed by atoms with van der Waals surface area (Å²) in [6.07, 6.45) is 3.13. The van der Waals surface area contributed by atoms with Crippen LogP contribution in [-0.2, 0) is 11.8 Å². The lowest BCUT2D eigenvalue weighted by Crippen LogP contribution is -2.39. The van der Waals surface area contributed by atoms with Gasteiger partial charge in [0.25, 0.3) is 5.56 Å². The number of carbonyl (C=O) groups is 1. The first-order valence-electron chi connectivity index (χ1n) is 5.59. The minimum atomic E-state index is -0.772. The van der Waals surface area contributed by atoms with E-state index in [0.717, 1.165) is 13.0 Å². The second kappa shape index (κ2) is 4.57. The van der Waals surface area contributed by atoms with Crippen LogP contribution in [0.25, 0.3) is 0 Å². The van der Waals surface area contributed by atoms with Crippen LogP contribution in [0, 0.1) is 5.92 Å². The second-order valence-electron chi connectivity index (χ2n) is 4.30. The van der Waals surface area contributed by atoms with Crippen LogP contribution in [0.4, 0.5) is 5.69 Å². The number of anilines is 1. The molecule has 6 nitrogen and oxygen atoms in total. The van der Waals surface area contributed by atoms with Crippen molar-refractivity contribution in [2.45, 2.75) is 12.8 Å². The van der Waals surface area contributed by atoms with Crippen LogP contribution in [-0.4, -0.2) is 33.9 Å². The Morgan fingerprint density at radius 3 is 3.00 bits per heavy atom. The molecule has 2 rings (SSSR count). The maximum Gasteiger partial charge on any atom is 0.308 e. The summed E-state index contributed by atoms with van der Waals surface area (Å²) in [6, 6.07) is 1.50. The molecule has 0 saturated carbocycles. The van der Waals surface area contributed by atoms with Crippen molar-refractivity contribution < 1.29 is 9.90 Å². The maximum absolute atomic E-state index is 11.5. The summed E-state index contributed by atoms with van der Waals surface area (Å²) < 4.78 is 1.25. The molecule has 6 heteroatoms. The van der Waals surface area contributed by atoms with Crippen molar-refractivity contribution in [3.63, 3.8) is 0 Å². The average molecular weight is 237 g/mol.